The van der Waals surface area contributed by atoms with Gasteiger partial charge in [-0.15, -0.1) is 0 Å². The molecule has 0 atom stereocenters. The fourth-order valence-electron chi connectivity index (χ4n) is 3.21. The largest absolute Gasteiger partial charge is 0.454 e. The first-order valence-electron chi connectivity index (χ1n) is 9.04. The maximum absolute atomic E-state index is 13.2. The number of carbonyl (C=O) groups excluding carboxylic acids is 1. The number of hydrogen-bond donors (Lipinski definition) is 1. The van der Waals surface area contributed by atoms with Crippen LogP contribution in [0.3, 0.4) is 0 Å². The number of ether oxygens (including phenoxy) is 2. The summed E-state index contributed by atoms with van der Waals surface area (Å²) in [5.74, 6) is -1.06. The van der Waals surface area contributed by atoms with Gasteiger partial charge in [0.05, 0.1) is 6.54 Å². The molecule has 7 nitrogen and oxygen atoms in total. The maximum Gasteiger partial charge on any atom is 0.248 e. The SMILES string of the molecule is O=C(/C=C/c1ccc2c(c1)OCO2)NCc1nc(C2CCC(F)(F)CC2)no1. The molecule has 2 aromatic rings. The van der Waals surface area contributed by atoms with Crippen molar-refractivity contribution >= 4 is 12.0 Å². The summed E-state index contributed by atoms with van der Waals surface area (Å²) >= 11 is 0. The standard InChI is InChI=1S/C19H19F2N3O4/c20-19(21)7-5-13(6-8-19)18-23-17(28-24-18)10-22-16(25)4-2-12-1-3-14-15(9-12)27-11-26-14/h1-4,9,13H,5-8,10-11H2,(H,22,25)/b4-2+. The van der Waals surface area contributed by atoms with Gasteiger partial charge < -0.3 is 19.3 Å². The Hall–Kier alpha value is -2.97. The van der Waals surface area contributed by atoms with Crippen molar-refractivity contribution in [2.24, 2.45) is 0 Å². The number of nitrogens with one attached hydrogen (secondary N) is 1. The molecule has 1 aromatic carbocycles. The number of fused-ring (bicyclic) bond motifs is 1. The lowest BCUT2D eigenvalue weighted by molar-refractivity contribution is -0.116. The molecule has 9 heteroatoms. The highest BCUT2D eigenvalue weighted by molar-refractivity contribution is 5.91. The van der Waals surface area contributed by atoms with Gasteiger partial charge in [0.1, 0.15) is 0 Å². The average Bonchev–Trinajstić information content (AvgIpc) is 3.33. The Morgan fingerprint density at radius 2 is 2.04 bits per heavy atom. The van der Waals surface area contributed by atoms with Crippen molar-refractivity contribution in [1.82, 2.24) is 15.5 Å². The van der Waals surface area contributed by atoms with Crippen molar-refractivity contribution < 1.29 is 27.6 Å². The van der Waals surface area contributed by atoms with Crippen LogP contribution in [0.15, 0.2) is 28.8 Å². The second-order valence-corrected chi connectivity index (χ2v) is 6.84. The number of halogens is 2. The van der Waals surface area contributed by atoms with Gasteiger partial charge in [-0.2, -0.15) is 4.98 Å². The first-order chi connectivity index (χ1) is 13.5. The summed E-state index contributed by atoms with van der Waals surface area (Å²) in [5.41, 5.74) is 0.800. The normalized spacial score (nSPS) is 18.5. The van der Waals surface area contributed by atoms with E-state index in [9.17, 15) is 13.6 Å². The predicted molar refractivity (Wildman–Crippen MR) is 93.9 cm³/mol. The molecule has 0 bridgehead atoms. The molecule has 1 saturated carbocycles. The summed E-state index contributed by atoms with van der Waals surface area (Å²) < 4.78 is 42.1. The van der Waals surface area contributed by atoms with E-state index in [1.165, 1.54) is 6.08 Å². The molecule has 0 spiro atoms. The third-order valence-corrected chi connectivity index (χ3v) is 4.80. The summed E-state index contributed by atoms with van der Waals surface area (Å²) in [6.07, 6.45) is 3.37. The van der Waals surface area contributed by atoms with Crippen LogP contribution in [0, 0.1) is 0 Å². The molecule has 1 aliphatic heterocycles. The number of benzene rings is 1. The van der Waals surface area contributed by atoms with E-state index in [4.69, 9.17) is 14.0 Å². The van der Waals surface area contributed by atoms with Crippen LogP contribution in [0.1, 0.15) is 48.9 Å². The Bertz CT molecular complexity index is 887. The van der Waals surface area contributed by atoms with Crippen LogP contribution in [0.2, 0.25) is 0 Å². The molecular formula is C19H19F2N3O4. The zero-order chi connectivity index (χ0) is 19.6. The second kappa shape index (κ2) is 7.57. The molecule has 1 aliphatic carbocycles. The molecule has 2 aliphatic rings. The quantitative estimate of drug-likeness (QED) is 0.786. The van der Waals surface area contributed by atoms with Gasteiger partial charge >= 0.3 is 0 Å². The molecule has 0 radical (unpaired) electrons. The Kier molecular flexibility index (Phi) is 4.97. The molecule has 0 unspecified atom stereocenters. The van der Waals surface area contributed by atoms with Crippen LogP contribution in [-0.2, 0) is 11.3 Å². The highest BCUT2D eigenvalue weighted by atomic mass is 19.3. The van der Waals surface area contributed by atoms with Gasteiger partial charge in [0.2, 0.25) is 24.5 Å². The third kappa shape index (κ3) is 4.29. The van der Waals surface area contributed by atoms with E-state index >= 15 is 0 Å². The molecule has 1 fully saturated rings. The summed E-state index contributed by atoms with van der Waals surface area (Å²) in [4.78, 5) is 16.2. The van der Waals surface area contributed by atoms with Gasteiger partial charge in [-0.05, 0) is 36.6 Å². The van der Waals surface area contributed by atoms with Crippen molar-refractivity contribution in [3.05, 3.63) is 41.6 Å². The molecule has 2 heterocycles. The molecule has 0 saturated heterocycles. The monoisotopic (exact) mass is 391 g/mol. The minimum absolute atomic E-state index is 0.0696. The van der Waals surface area contributed by atoms with Gasteiger partial charge in [0.15, 0.2) is 17.3 Å². The first kappa shape index (κ1) is 18.4. The van der Waals surface area contributed by atoms with E-state index in [0.717, 1.165) is 5.56 Å². The van der Waals surface area contributed by atoms with Crippen molar-refractivity contribution in [3.63, 3.8) is 0 Å². The second-order valence-electron chi connectivity index (χ2n) is 6.84. The number of nitrogens with zero attached hydrogens (tertiary/aromatic N) is 2. The van der Waals surface area contributed by atoms with E-state index in [1.54, 1.807) is 18.2 Å². The van der Waals surface area contributed by atoms with E-state index in [0.29, 0.717) is 30.2 Å². The van der Waals surface area contributed by atoms with E-state index < -0.39 is 5.92 Å². The van der Waals surface area contributed by atoms with Crippen LogP contribution in [0.5, 0.6) is 11.5 Å². The smallest absolute Gasteiger partial charge is 0.248 e. The molecule has 148 valence electrons. The molecule has 1 amide bonds. The van der Waals surface area contributed by atoms with E-state index in [-0.39, 0.29) is 43.9 Å². The fraction of sp³-hybridized carbons (Fsp3) is 0.421. The topological polar surface area (TPSA) is 86.5 Å². The summed E-state index contributed by atoms with van der Waals surface area (Å²) in [6.45, 7) is 0.263. The van der Waals surface area contributed by atoms with Gasteiger partial charge in [0.25, 0.3) is 0 Å². The summed E-state index contributed by atoms with van der Waals surface area (Å²) in [6, 6.07) is 5.38. The van der Waals surface area contributed by atoms with Crippen LogP contribution in [0.25, 0.3) is 6.08 Å². The van der Waals surface area contributed by atoms with Gasteiger partial charge in [0, 0.05) is 24.8 Å². The Labute approximate surface area is 159 Å². The molecule has 4 rings (SSSR count). The Balaban J connectivity index is 1.28. The molecule has 1 aromatic heterocycles. The van der Waals surface area contributed by atoms with Crippen molar-refractivity contribution in [2.75, 3.05) is 6.79 Å². The average molecular weight is 391 g/mol. The first-order valence-corrected chi connectivity index (χ1v) is 9.04. The lowest BCUT2D eigenvalue weighted by Gasteiger charge is -2.26. The van der Waals surface area contributed by atoms with Crippen LogP contribution < -0.4 is 14.8 Å². The van der Waals surface area contributed by atoms with Crippen molar-refractivity contribution in [2.45, 2.75) is 44.1 Å². The number of amides is 1. The van der Waals surface area contributed by atoms with Crippen LogP contribution >= 0.6 is 0 Å². The molecule has 1 N–H and O–H groups in total. The predicted octanol–water partition coefficient (Wildman–Crippen LogP) is 3.42. The van der Waals surface area contributed by atoms with Gasteiger partial charge in [-0.25, -0.2) is 8.78 Å². The number of rotatable bonds is 5. The van der Waals surface area contributed by atoms with Crippen LogP contribution in [0.4, 0.5) is 8.78 Å². The Morgan fingerprint density at radius 3 is 2.86 bits per heavy atom. The molecule has 28 heavy (non-hydrogen) atoms. The number of carbonyl (C=O) groups is 1. The van der Waals surface area contributed by atoms with Crippen LogP contribution in [-0.4, -0.2) is 28.8 Å². The number of hydrogen-bond acceptors (Lipinski definition) is 6. The number of alkyl halides is 2. The zero-order valence-corrected chi connectivity index (χ0v) is 15.0. The fourth-order valence-corrected chi connectivity index (χ4v) is 3.21. The minimum Gasteiger partial charge on any atom is -0.454 e. The van der Waals surface area contributed by atoms with Crippen molar-refractivity contribution in [3.8, 4) is 11.5 Å². The minimum atomic E-state index is -2.60. The summed E-state index contributed by atoms with van der Waals surface area (Å²) in [5, 5.41) is 6.52. The summed E-state index contributed by atoms with van der Waals surface area (Å²) in [7, 11) is 0. The van der Waals surface area contributed by atoms with Crippen molar-refractivity contribution in [1.29, 1.82) is 0 Å². The zero-order valence-electron chi connectivity index (χ0n) is 15.0. The van der Waals surface area contributed by atoms with E-state index in [1.807, 2.05) is 6.07 Å². The molecular weight excluding hydrogens is 372 g/mol. The Morgan fingerprint density at radius 1 is 1.25 bits per heavy atom. The maximum atomic E-state index is 13.2. The number of aromatic nitrogens is 2. The van der Waals surface area contributed by atoms with Gasteiger partial charge in [-0.3, -0.25) is 4.79 Å². The third-order valence-electron chi connectivity index (χ3n) is 4.80. The van der Waals surface area contributed by atoms with E-state index in [2.05, 4.69) is 15.5 Å². The lowest BCUT2D eigenvalue weighted by atomic mass is 9.86. The lowest BCUT2D eigenvalue weighted by Crippen LogP contribution is -2.24. The highest BCUT2D eigenvalue weighted by Gasteiger charge is 2.36. The van der Waals surface area contributed by atoms with Gasteiger partial charge in [-0.1, -0.05) is 11.2 Å². The highest BCUT2D eigenvalue weighted by Crippen LogP contribution is 2.39.